The first-order valence-electron chi connectivity index (χ1n) is 10.5. The van der Waals surface area contributed by atoms with Gasteiger partial charge in [0, 0.05) is 35.1 Å². The first-order valence-corrected chi connectivity index (χ1v) is 11.3. The number of hydrogen-bond donors (Lipinski definition) is 1. The van der Waals surface area contributed by atoms with E-state index < -0.39 is 0 Å². The molecule has 6 rings (SSSR count). The minimum absolute atomic E-state index is 0.124. The molecule has 2 aliphatic heterocycles. The van der Waals surface area contributed by atoms with Crippen molar-refractivity contribution in [3.8, 4) is 0 Å². The van der Waals surface area contributed by atoms with E-state index in [1.54, 1.807) is 11.8 Å². The molecule has 3 aromatic rings. The standard InChI is InChI=1S/C25H22N4OS/c1-14-27-22-10-21(22)24(31-14)15-3-5-17-11-26-23(9-19(17)7-15)28-25(30)16-4-6-18-12-29(2)13-20(18)8-16/h3-9,11,22H,10,12-13H2,1-2H3,(H,26,28,30)/t22-/m1/s1. The van der Waals surface area contributed by atoms with Crippen molar-refractivity contribution < 1.29 is 4.79 Å². The normalized spacial score (nSPS) is 19.8. The second-order valence-electron chi connectivity index (χ2n) is 8.57. The lowest BCUT2D eigenvalue weighted by atomic mass is 10.1. The number of fused-ring (bicyclic) bond motifs is 3. The van der Waals surface area contributed by atoms with Crippen LogP contribution in [0.5, 0.6) is 0 Å². The number of anilines is 1. The van der Waals surface area contributed by atoms with E-state index >= 15 is 0 Å². The predicted octanol–water partition coefficient (Wildman–Crippen LogP) is 5.08. The van der Waals surface area contributed by atoms with E-state index in [1.165, 1.54) is 27.2 Å². The molecule has 3 heterocycles. The van der Waals surface area contributed by atoms with Gasteiger partial charge in [-0.05, 0) is 72.3 Å². The van der Waals surface area contributed by atoms with Crippen molar-refractivity contribution in [3.63, 3.8) is 0 Å². The molecule has 0 bridgehead atoms. The zero-order valence-electron chi connectivity index (χ0n) is 17.5. The summed E-state index contributed by atoms with van der Waals surface area (Å²) in [5.41, 5.74) is 5.85. The smallest absolute Gasteiger partial charge is 0.256 e. The number of rotatable bonds is 3. The molecule has 1 fully saturated rings. The molecule has 1 N–H and O–H groups in total. The topological polar surface area (TPSA) is 57.6 Å². The maximum atomic E-state index is 12.8. The average Bonchev–Trinajstić information content (AvgIpc) is 3.43. The molecule has 0 spiro atoms. The zero-order chi connectivity index (χ0) is 21.1. The van der Waals surface area contributed by atoms with Crippen LogP contribution in [0.25, 0.3) is 15.7 Å². The highest BCUT2D eigenvalue weighted by molar-refractivity contribution is 8.21. The van der Waals surface area contributed by atoms with E-state index in [1.807, 2.05) is 24.4 Å². The van der Waals surface area contributed by atoms with Crippen molar-refractivity contribution in [3.05, 3.63) is 76.5 Å². The first kappa shape index (κ1) is 18.8. The average molecular weight is 427 g/mol. The molecule has 2 aromatic carbocycles. The largest absolute Gasteiger partial charge is 0.307 e. The molecule has 1 saturated carbocycles. The predicted molar refractivity (Wildman–Crippen MR) is 127 cm³/mol. The number of aromatic nitrogens is 1. The second kappa shape index (κ2) is 7.04. The number of benzene rings is 2. The Morgan fingerprint density at radius 3 is 2.87 bits per heavy atom. The van der Waals surface area contributed by atoms with Gasteiger partial charge >= 0.3 is 0 Å². The Bertz CT molecular complexity index is 1330. The van der Waals surface area contributed by atoms with Crippen LogP contribution in [-0.2, 0) is 13.1 Å². The number of carbonyl (C=O) groups is 1. The fourth-order valence-corrected chi connectivity index (χ4v) is 5.54. The van der Waals surface area contributed by atoms with Gasteiger partial charge in [0.15, 0.2) is 0 Å². The molecule has 31 heavy (non-hydrogen) atoms. The Hall–Kier alpha value is -2.96. The molecule has 3 aliphatic rings. The summed E-state index contributed by atoms with van der Waals surface area (Å²) < 4.78 is 0. The third-order valence-corrected chi connectivity index (χ3v) is 7.21. The van der Waals surface area contributed by atoms with Gasteiger partial charge in [0.25, 0.3) is 5.91 Å². The van der Waals surface area contributed by atoms with Crippen molar-refractivity contribution >= 4 is 44.2 Å². The Kier molecular flexibility index (Phi) is 4.26. The number of pyridine rings is 1. The molecule has 154 valence electrons. The molecule has 1 aliphatic carbocycles. The van der Waals surface area contributed by atoms with Crippen molar-refractivity contribution in [2.75, 3.05) is 12.4 Å². The first-order chi connectivity index (χ1) is 15.0. The molecule has 1 aromatic heterocycles. The van der Waals surface area contributed by atoms with E-state index in [0.29, 0.717) is 17.4 Å². The summed E-state index contributed by atoms with van der Waals surface area (Å²) >= 11 is 1.76. The van der Waals surface area contributed by atoms with Crippen LogP contribution >= 0.6 is 11.8 Å². The van der Waals surface area contributed by atoms with Crippen LogP contribution < -0.4 is 5.32 Å². The number of thioether (sulfide) groups is 1. The molecule has 5 nitrogen and oxygen atoms in total. The van der Waals surface area contributed by atoms with Gasteiger partial charge in [-0.25, -0.2) is 4.98 Å². The van der Waals surface area contributed by atoms with Crippen molar-refractivity contribution in [1.82, 2.24) is 9.88 Å². The monoisotopic (exact) mass is 426 g/mol. The third kappa shape index (κ3) is 3.46. The highest BCUT2D eigenvalue weighted by atomic mass is 32.2. The maximum Gasteiger partial charge on any atom is 0.256 e. The SMILES string of the molecule is CC1=N[C@@H]2CC2=C(c2ccc3cnc(NC(=O)c4ccc5c(c4)CN(C)C5)cc3c2)S1. The summed E-state index contributed by atoms with van der Waals surface area (Å²) in [7, 11) is 2.09. The molecule has 0 radical (unpaired) electrons. The number of amides is 1. The van der Waals surface area contributed by atoms with Gasteiger partial charge in [-0.2, -0.15) is 0 Å². The molecular formula is C25H22N4OS. The van der Waals surface area contributed by atoms with Crippen LogP contribution in [0.1, 0.15) is 40.4 Å². The Morgan fingerprint density at radius 2 is 1.97 bits per heavy atom. The molecular weight excluding hydrogens is 404 g/mol. The lowest BCUT2D eigenvalue weighted by Crippen LogP contribution is -2.13. The highest BCUT2D eigenvalue weighted by Gasteiger charge is 2.36. The van der Waals surface area contributed by atoms with Gasteiger partial charge in [-0.3, -0.25) is 14.7 Å². The van der Waals surface area contributed by atoms with Gasteiger partial charge in [0.1, 0.15) is 5.82 Å². The number of aliphatic imine (C=N–C) groups is 1. The number of nitrogens with zero attached hydrogens (tertiary/aromatic N) is 3. The summed E-state index contributed by atoms with van der Waals surface area (Å²) in [6.07, 6.45) is 2.90. The quantitative estimate of drug-likeness (QED) is 0.634. The van der Waals surface area contributed by atoms with E-state index in [-0.39, 0.29) is 5.91 Å². The van der Waals surface area contributed by atoms with Gasteiger partial charge in [-0.1, -0.05) is 30.0 Å². The molecule has 0 unspecified atom stereocenters. The van der Waals surface area contributed by atoms with Gasteiger partial charge in [0.2, 0.25) is 0 Å². The van der Waals surface area contributed by atoms with E-state index in [2.05, 4.69) is 58.4 Å². The minimum Gasteiger partial charge on any atom is -0.307 e. The lowest BCUT2D eigenvalue weighted by Gasteiger charge is -2.12. The van der Waals surface area contributed by atoms with Crippen molar-refractivity contribution in [2.45, 2.75) is 32.5 Å². The number of nitrogens with one attached hydrogen (secondary N) is 1. The Morgan fingerprint density at radius 1 is 1.10 bits per heavy atom. The summed E-state index contributed by atoms with van der Waals surface area (Å²) in [6, 6.07) is 14.8. The van der Waals surface area contributed by atoms with Gasteiger partial charge < -0.3 is 5.32 Å². The highest BCUT2D eigenvalue weighted by Crippen LogP contribution is 2.49. The van der Waals surface area contributed by atoms with Crippen LogP contribution in [0.15, 0.2) is 59.2 Å². The summed E-state index contributed by atoms with van der Waals surface area (Å²) in [6.45, 7) is 3.90. The van der Waals surface area contributed by atoms with Crippen LogP contribution in [0.4, 0.5) is 5.82 Å². The van der Waals surface area contributed by atoms with Gasteiger partial charge in [-0.15, -0.1) is 0 Å². The fraction of sp³-hybridized carbons (Fsp3) is 0.240. The Labute approximate surface area is 185 Å². The van der Waals surface area contributed by atoms with E-state index in [9.17, 15) is 4.79 Å². The molecule has 6 heteroatoms. The van der Waals surface area contributed by atoms with E-state index in [0.717, 1.165) is 35.3 Å². The summed E-state index contributed by atoms with van der Waals surface area (Å²) in [5.74, 6) is 0.448. The van der Waals surface area contributed by atoms with Crippen LogP contribution in [0, 0.1) is 0 Å². The van der Waals surface area contributed by atoms with Gasteiger partial charge in [0.05, 0.1) is 11.1 Å². The van der Waals surface area contributed by atoms with Crippen LogP contribution in [0.2, 0.25) is 0 Å². The zero-order valence-corrected chi connectivity index (χ0v) is 18.3. The maximum absolute atomic E-state index is 12.8. The Balaban J connectivity index is 1.27. The molecule has 0 saturated heterocycles. The number of hydrogen-bond acceptors (Lipinski definition) is 5. The fourth-order valence-electron chi connectivity index (χ4n) is 4.47. The lowest BCUT2D eigenvalue weighted by molar-refractivity contribution is 0.102. The van der Waals surface area contributed by atoms with Crippen molar-refractivity contribution in [2.24, 2.45) is 4.99 Å². The third-order valence-electron chi connectivity index (χ3n) is 6.11. The van der Waals surface area contributed by atoms with E-state index in [4.69, 9.17) is 0 Å². The second-order valence-corrected chi connectivity index (χ2v) is 9.77. The summed E-state index contributed by atoms with van der Waals surface area (Å²) in [4.78, 5) is 25.5. The minimum atomic E-state index is -0.124. The molecule has 1 atom stereocenters. The molecule has 1 amide bonds. The number of carbonyl (C=O) groups excluding carboxylic acids is 1. The van der Waals surface area contributed by atoms with Crippen molar-refractivity contribution in [1.29, 1.82) is 0 Å². The van der Waals surface area contributed by atoms with Crippen LogP contribution in [0.3, 0.4) is 0 Å². The van der Waals surface area contributed by atoms with Crippen LogP contribution in [-0.4, -0.2) is 33.9 Å². The summed E-state index contributed by atoms with van der Waals surface area (Å²) in [5, 5.41) is 6.24.